The summed E-state index contributed by atoms with van der Waals surface area (Å²) in [6.45, 7) is 1.83. The first-order chi connectivity index (χ1) is 15.7. The molecule has 0 bridgehead atoms. The second-order valence-electron chi connectivity index (χ2n) is 8.42. The van der Waals surface area contributed by atoms with Crippen LogP contribution in [0.25, 0.3) is 0 Å². The first kappa shape index (κ1) is 22.6. The molecule has 0 amide bonds. The molecule has 2 N–H and O–H groups in total. The molecule has 0 spiro atoms. The molecule has 170 valence electrons. The van der Waals surface area contributed by atoms with Crippen LogP contribution in [0.4, 0.5) is 11.4 Å². The summed E-state index contributed by atoms with van der Waals surface area (Å²) in [6.07, 6.45) is 5.13. The van der Waals surface area contributed by atoms with Gasteiger partial charge < -0.3 is 5.32 Å². The Morgan fingerprint density at radius 2 is 1.76 bits per heavy atom. The van der Waals surface area contributed by atoms with E-state index < -0.39 is 10.0 Å². The van der Waals surface area contributed by atoms with E-state index in [0.29, 0.717) is 20.8 Å². The zero-order chi connectivity index (χ0) is 23.3. The van der Waals surface area contributed by atoms with E-state index in [1.54, 1.807) is 30.3 Å². The second-order valence-corrected chi connectivity index (χ2v) is 11.4. The van der Waals surface area contributed by atoms with E-state index >= 15 is 0 Å². The Morgan fingerprint density at radius 1 is 1.00 bits per heavy atom. The number of hydrogen-bond acceptors (Lipinski definition) is 3. The maximum Gasteiger partial charge on any atom is 0.261 e. The Hall–Kier alpha value is -2.18. The van der Waals surface area contributed by atoms with Gasteiger partial charge in [0.1, 0.15) is 0 Å². The van der Waals surface area contributed by atoms with Gasteiger partial charge in [-0.05, 0) is 72.9 Å². The number of allylic oxidation sites excluding steroid dienone is 2. The van der Waals surface area contributed by atoms with Crippen LogP contribution < -0.4 is 10.0 Å². The summed E-state index contributed by atoms with van der Waals surface area (Å²) in [7, 11) is -3.80. The monoisotopic (exact) mass is 518 g/mol. The van der Waals surface area contributed by atoms with E-state index in [9.17, 15) is 8.42 Å². The number of sulfonamides is 1. The number of aryl methyl sites for hydroxylation is 1. The highest BCUT2D eigenvalue weighted by molar-refractivity contribution is 7.92. The minimum atomic E-state index is -3.80. The van der Waals surface area contributed by atoms with E-state index in [1.165, 1.54) is 0 Å². The molecule has 0 saturated heterocycles. The molecule has 8 heteroatoms. The summed E-state index contributed by atoms with van der Waals surface area (Å²) in [5.74, 6) is 0.234. The second kappa shape index (κ2) is 8.55. The van der Waals surface area contributed by atoms with Gasteiger partial charge in [0.2, 0.25) is 0 Å². The van der Waals surface area contributed by atoms with Gasteiger partial charge in [0.15, 0.2) is 0 Å². The van der Waals surface area contributed by atoms with Gasteiger partial charge in [-0.25, -0.2) is 8.42 Å². The summed E-state index contributed by atoms with van der Waals surface area (Å²) >= 11 is 19.1. The van der Waals surface area contributed by atoms with Crippen molar-refractivity contribution in [2.75, 3.05) is 10.0 Å². The van der Waals surface area contributed by atoms with Gasteiger partial charge in [-0.1, -0.05) is 59.1 Å². The summed E-state index contributed by atoms with van der Waals surface area (Å²) in [5, 5.41) is 5.28. The molecule has 5 rings (SSSR count). The Morgan fingerprint density at radius 3 is 2.52 bits per heavy atom. The van der Waals surface area contributed by atoms with Gasteiger partial charge in [0, 0.05) is 32.2 Å². The predicted molar refractivity (Wildman–Crippen MR) is 136 cm³/mol. The number of hydrogen-bond donors (Lipinski definition) is 2. The highest BCUT2D eigenvalue weighted by Crippen LogP contribution is 2.52. The van der Waals surface area contributed by atoms with Crippen molar-refractivity contribution in [1.82, 2.24) is 0 Å². The Bertz CT molecular complexity index is 1370. The van der Waals surface area contributed by atoms with E-state index in [0.717, 1.165) is 28.8 Å². The van der Waals surface area contributed by atoms with Gasteiger partial charge in [-0.2, -0.15) is 0 Å². The van der Waals surface area contributed by atoms with Crippen molar-refractivity contribution < 1.29 is 8.42 Å². The Balaban J connectivity index is 1.52. The molecule has 4 nitrogen and oxygen atoms in total. The molecule has 0 radical (unpaired) electrons. The molecule has 33 heavy (non-hydrogen) atoms. The lowest BCUT2D eigenvalue weighted by Crippen LogP contribution is -2.30. The lowest BCUT2D eigenvalue weighted by atomic mass is 9.77. The lowest BCUT2D eigenvalue weighted by Gasteiger charge is -2.38. The van der Waals surface area contributed by atoms with Crippen LogP contribution in [0.5, 0.6) is 0 Å². The third-order valence-corrected chi connectivity index (χ3v) is 8.66. The lowest BCUT2D eigenvalue weighted by molar-refractivity contribution is 0.425. The maximum atomic E-state index is 13.2. The highest BCUT2D eigenvalue weighted by Gasteiger charge is 2.40. The van der Waals surface area contributed by atoms with Crippen LogP contribution in [-0.4, -0.2) is 8.42 Å². The smallest absolute Gasteiger partial charge is 0.261 e. The number of benzene rings is 3. The fourth-order valence-corrected chi connectivity index (χ4v) is 6.70. The van der Waals surface area contributed by atoms with Crippen LogP contribution in [-0.2, 0) is 10.0 Å². The maximum absolute atomic E-state index is 13.2. The molecular formula is C25H21Cl3N2O2S. The third kappa shape index (κ3) is 4.12. The van der Waals surface area contributed by atoms with Gasteiger partial charge >= 0.3 is 0 Å². The van der Waals surface area contributed by atoms with E-state index in [4.69, 9.17) is 34.8 Å². The molecule has 0 fully saturated rings. The van der Waals surface area contributed by atoms with Crippen molar-refractivity contribution in [3.05, 3.63) is 98.5 Å². The topological polar surface area (TPSA) is 58.2 Å². The number of rotatable bonds is 4. The number of fused-ring (bicyclic) bond motifs is 3. The molecule has 3 aromatic rings. The predicted octanol–water partition coefficient (Wildman–Crippen LogP) is 7.58. The van der Waals surface area contributed by atoms with Crippen molar-refractivity contribution in [2.24, 2.45) is 5.92 Å². The van der Waals surface area contributed by atoms with Crippen LogP contribution in [0.3, 0.4) is 0 Å². The van der Waals surface area contributed by atoms with Gasteiger partial charge in [-0.3, -0.25) is 4.72 Å². The zero-order valence-corrected chi connectivity index (χ0v) is 20.7. The minimum Gasteiger partial charge on any atom is -0.378 e. The summed E-state index contributed by atoms with van der Waals surface area (Å²) < 4.78 is 29.1. The molecule has 0 unspecified atom stereocenters. The van der Waals surface area contributed by atoms with Gasteiger partial charge in [0.25, 0.3) is 10.0 Å². The molecule has 3 aromatic carbocycles. The molecule has 1 aliphatic carbocycles. The average molecular weight is 520 g/mol. The number of halogens is 3. The molecule has 1 heterocycles. The average Bonchev–Trinajstić information content (AvgIpc) is 3.26. The Kier molecular flexibility index (Phi) is 5.86. The van der Waals surface area contributed by atoms with Crippen LogP contribution >= 0.6 is 34.8 Å². The number of anilines is 2. The minimum absolute atomic E-state index is 0.0571. The molecule has 3 atom stereocenters. The first-order valence-corrected chi connectivity index (χ1v) is 13.2. The number of nitrogens with one attached hydrogen (secondary N) is 2. The van der Waals surface area contributed by atoms with Crippen LogP contribution in [0.15, 0.2) is 71.6 Å². The third-order valence-electron chi connectivity index (χ3n) is 6.40. The standard InChI is InChI=1S/C25H21Cl3N2O2S/c1-14-8-9-15(26)12-23(14)30-33(31,32)16-10-11-22-19(13-16)17-4-2-5-18(17)25(29-22)24-20(27)6-3-7-21(24)28/h2-4,6-13,17-18,25,29-30H,5H2,1H3/t17-,18+,25-/m0/s1. The summed E-state index contributed by atoms with van der Waals surface area (Å²) in [6, 6.07) is 15.7. The molecule has 0 saturated carbocycles. The largest absolute Gasteiger partial charge is 0.378 e. The summed E-state index contributed by atoms with van der Waals surface area (Å²) in [5.41, 5.74) is 3.95. The molecule has 0 aromatic heterocycles. The summed E-state index contributed by atoms with van der Waals surface area (Å²) in [4.78, 5) is 0.204. The van der Waals surface area contributed by atoms with Crippen LogP contribution in [0.2, 0.25) is 15.1 Å². The van der Waals surface area contributed by atoms with E-state index in [-0.39, 0.29) is 22.8 Å². The fraction of sp³-hybridized carbons (Fsp3) is 0.200. The van der Waals surface area contributed by atoms with Gasteiger partial charge in [-0.15, -0.1) is 0 Å². The van der Waals surface area contributed by atoms with Crippen LogP contribution in [0.1, 0.15) is 35.1 Å². The van der Waals surface area contributed by atoms with Gasteiger partial charge in [0.05, 0.1) is 16.6 Å². The van der Waals surface area contributed by atoms with Crippen LogP contribution in [0, 0.1) is 12.8 Å². The SMILES string of the molecule is Cc1ccc(Cl)cc1NS(=O)(=O)c1ccc2c(c1)[C@H]1C=CC[C@H]1[C@@H](c1c(Cl)cccc1Cl)N2. The molecule has 1 aliphatic heterocycles. The fourth-order valence-electron chi connectivity index (χ4n) is 4.74. The normalized spacial score (nSPS) is 21.3. The van der Waals surface area contributed by atoms with E-state index in [2.05, 4.69) is 22.2 Å². The zero-order valence-electron chi connectivity index (χ0n) is 17.6. The molecular weight excluding hydrogens is 499 g/mol. The molecule has 2 aliphatic rings. The van der Waals surface area contributed by atoms with Crippen molar-refractivity contribution in [1.29, 1.82) is 0 Å². The van der Waals surface area contributed by atoms with Crippen molar-refractivity contribution in [2.45, 2.75) is 30.2 Å². The first-order valence-electron chi connectivity index (χ1n) is 10.5. The quantitative estimate of drug-likeness (QED) is 0.349. The highest BCUT2D eigenvalue weighted by atomic mass is 35.5. The van der Waals surface area contributed by atoms with E-state index in [1.807, 2.05) is 31.2 Å². The van der Waals surface area contributed by atoms with Crippen molar-refractivity contribution >= 4 is 56.2 Å². The Labute approximate surface area is 208 Å². The van der Waals surface area contributed by atoms with Crippen molar-refractivity contribution in [3.63, 3.8) is 0 Å². The van der Waals surface area contributed by atoms with Crippen molar-refractivity contribution in [3.8, 4) is 0 Å².